The molecular weight excluding hydrogens is 346 g/mol. The van der Waals surface area contributed by atoms with Crippen molar-refractivity contribution in [3.63, 3.8) is 0 Å². The number of hydrogen-bond acceptors (Lipinski definition) is 3. The van der Waals surface area contributed by atoms with Gasteiger partial charge in [-0.25, -0.2) is 13.6 Å². The Bertz CT molecular complexity index is 676. The number of anilines is 1. The SMILES string of the molecule is CC(C)c1ccc(N2CCC(C(=O)NC(CC(F)F)C(=O)O)C2=O)cc1. The van der Waals surface area contributed by atoms with Gasteiger partial charge in [0.25, 0.3) is 0 Å². The number of nitrogens with one attached hydrogen (secondary N) is 1. The van der Waals surface area contributed by atoms with Crippen LogP contribution in [-0.4, -0.2) is 41.9 Å². The number of carboxylic acids is 1. The quantitative estimate of drug-likeness (QED) is 0.724. The van der Waals surface area contributed by atoms with E-state index in [9.17, 15) is 23.2 Å². The number of aliphatic carboxylic acids is 1. The maximum atomic E-state index is 12.5. The van der Waals surface area contributed by atoms with E-state index in [1.165, 1.54) is 4.90 Å². The van der Waals surface area contributed by atoms with Gasteiger partial charge in [-0.05, 0) is 30.0 Å². The number of carbonyl (C=O) groups is 3. The highest BCUT2D eigenvalue weighted by Gasteiger charge is 2.39. The van der Waals surface area contributed by atoms with Gasteiger partial charge in [0.05, 0.1) is 0 Å². The van der Waals surface area contributed by atoms with Gasteiger partial charge in [0.1, 0.15) is 12.0 Å². The number of halogens is 2. The molecule has 0 saturated carbocycles. The molecule has 0 spiro atoms. The Kier molecular flexibility index (Phi) is 6.28. The van der Waals surface area contributed by atoms with Crippen molar-refractivity contribution < 1.29 is 28.3 Å². The van der Waals surface area contributed by atoms with Crippen LogP contribution in [0.15, 0.2) is 24.3 Å². The fourth-order valence-corrected chi connectivity index (χ4v) is 2.89. The average molecular weight is 368 g/mol. The molecular formula is C18H22F2N2O4. The van der Waals surface area contributed by atoms with Crippen LogP contribution in [0.5, 0.6) is 0 Å². The highest BCUT2D eigenvalue weighted by molar-refractivity contribution is 6.10. The summed E-state index contributed by atoms with van der Waals surface area (Å²) in [5.74, 6) is -3.56. The molecule has 2 rings (SSSR count). The first-order valence-corrected chi connectivity index (χ1v) is 8.43. The highest BCUT2D eigenvalue weighted by atomic mass is 19.3. The molecule has 1 aromatic carbocycles. The molecule has 26 heavy (non-hydrogen) atoms. The molecule has 1 aliphatic rings. The van der Waals surface area contributed by atoms with Crippen LogP contribution in [0.25, 0.3) is 0 Å². The van der Waals surface area contributed by atoms with E-state index in [4.69, 9.17) is 5.11 Å². The minimum atomic E-state index is -2.87. The number of benzene rings is 1. The second-order valence-corrected chi connectivity index (χ2v) is 6.60. The van der Waals surface area contributed by atoms with Crippen LogP contribution >= 0.6 is 0 Å². The topological polar surface area (TPSA) is 86.7 Å². The largest absolute Gasteiger partial charge is 0.480 e. The number of carboxylic acid groups (broad SMARTS) is 1. The number of rotatable bonds is 7. The smallest absolute Gasteiger partial charge is 0.326 e. The zero-order valence-electron chi connectivity index (χ0n) is 14.6. The van der Waals surface area contributed by atoms with Crippen molar-refractivity contribution in [3.8, 4) is 0 Å². The zero-order chi connectivity index (χ0) is 19.4. The van der Waals surface area contributed by atoms with Gasteiger partial charge in [-0.1, -0.05) is 26.0 Å². The molecule has 1 heterocycles. The molecule has 1 fully saturated rings. The Balaban J connectivity index is 2.05. The molecule has 0 bridgehead atoms. The van der Waals surface area contributed by atoms with Crippen LogP contribution in [0.1, 0.15) is 38.2 Å². The molecule has 8 heteroatoms. The highest BCUT2D eigenvalue weighted by Crippen LogP contribution is 2.27. The van der Waals surface area contributed by atoms with E-state index in [1.807, 2.05) is 12.1 Å². The molecule has 0 radical (unpaired) electrons. The van der Waals surface area contributed by atoms with Crippen molar-refractivity contribution in [2.45, 2.75) is 45.1 Å². The fraction of sp³-hybridized carbons (Fsp3) is 0.500. The first-order valence-electron chi connectivity index (χ1n) is 8.43. The van der Waals surface area contributed by atoms with Crippen LogP contribution in [-0.2, 0) is 14.4 Å². The Hall–Kier alpha value is -2.51. The second-order valence-electron chi connectivity index (χ2n) is 6.60. The number of hydrogen-bond donors (Lipinski definition) is 2. The Labute approximate surface area is 150 Å². The van der Waals surface area contributed by atoms with Crippen molar-refractivity contribution in [3.05, 3.63) is 29.8 Å². The minimum Gasteiger partial charge on any atom is -0.480 e. The third-order valence-corrected chi connectivity index (χ3v) is 4.42. The molecule has 2 unspecified atom stereocenters. The van der Waals surface area contributed by atoms with Crippen LogP contribution < -0.4 is 10.2 Å². The number of carbonyl (C=O) groups excluding carboxylic acids is 2. The third-order valence-electron chi connectivity index (χ3n) is 4.42. The standard InChI is InChI=1S/C18H22F2N2O4/c1-10(2)11-3-5-12(6-4-11)22-8-7-13(17(22)24)16(23)21-14(18(25)26)9-15(19)20/h3-6,10,13-15H,7-9H2,1-2H3,(H,21,23)(H,25,26). The van der Waals surface area contributed by atoms with Crippen molar-refractivity contribution >= 4 is 23.5 Å². The Morgan fingerprint density at radius 3 is 2.38 bits per heavy atom. The van der Waals surface area contributed by atoms with E-state index < -0.39 is 42.6 Å². The van der Waals surface area contributed by atoms with Crippen LogP contribution in [0.4, 0.5) is 14.5 Å². The number of alkyl halides is 2. The van der Waals surface area contributed by atoms with Gasteiger partial charge in [0.2, 0.25) is 18.2 Å². The van der Waals surface area contributed by atoms with E-state index in [2.05, 4.69) is 19.2 Å². The van der Waals surface area contributed by atoms with E-state index in [0.717, 1.165) is 5.56 Å². The summed E-state index contributed by atoms with van der Waals surface area (Å²) < 4.78 is 24.9. The molecule has 1 aromatic rings. The van der Waals surface area contributed by atoms with Gasteiger partial charge in [0, 0.05) is 18.7 Å². The zero-order valence-corrected chi connectivity index (χ0v) is 14.6. The molecule has 0 aliphatic carbocycles. The van der Waals surface area contributed by atoms with Gasteiger partial charge in [-0.3, -0.25) is 9.59 Å². The maximum absolute atomic E-state index is 12.5. The van der Waals surface area contributed by atoms with Crippen molar-refractivity contribution in [2.75, 3.05) is 11.4 Å². The summed E-state index contributed by atoms with van der Waals surface area (Å²) in [6.45, 7) is 4.41. The lowest BCUT2D eigenvalue weighted by molar-refractivity contribution is -0.144. The van der Waals surface area contributed by atoms with Crippen molar-refractivity contribution in [2.24, 2.45) is 5.92 Å². The van der Waals surface area contributed by atoms with Gasteiger partial charge in [0.15, 0.2) is 0 Å². The summed E-state index contributed by atoms with van der Waals surface area (Å²) in [6.07, 6.45) is -3.66. The summed E-state index contributed by atoms with van der Waals surface area (Å²) >= 11 is 0. The maximum Gasteiger partial charge on any atom is 0.326 e. The van der Waals surface area contributed by atoms with Gasteiger partial charge >= 0.3 is 5.97 Å². The Morgan fingerprint density at radius 2 is 1.88 bits per heavy atom. The van der Waals surface area contributed by atoms with Crippen LogP contribution in [0, 0.1) is 5.92 Å². The lowest BCUT2D eigenvalue weighted by Crippen LogP contribution is -2.46. The first kappa shape index (κ1) is 19.8. The predicted octanol–water partition coefficient (Wildman–Crippen LogP) is 2.39. The van der Waals surface area contributed by atoms with E-state index in [-0.39, 0.29) is 6.42 Å². The van der Waals surface area contributed by atoms with E-state index in [1.54, 1.807) is 12.1 Å². The molecule has 142 valence electrons. The molecule has 0 aromatic heterocycles. The second kappa shape index (κ2) is 8.25. The average Bonchev–Trinajstić information content (AvgIpc) is 2.95. The third kappa shape index (κ3) is 4.56. The van der Waals surface area contributed by atoms with Gasteiger partial charge in [-0.2, -0.15) is 0 Å². The van der Waals surface area contributed by atoms with Crippen molar-refractivity contribution in [1.29, 1.82) is 0 Å². The van der Waals surface area contributed by atoms with Crippen LogP contribution in [0.2, 0.25) is 0 Å². The van der Waals surface area contributed by atoms with Crippen molar-refractivity contribution in [1.82, 2.24) is 5.32 Å². The number of nitrogens with zero attached hydrogens (tertiary/aromatic N) is 1. The lowest BCUT2D eigenvalue weighted by Gasteiger charge is -2.19. The Morgan fingerprint density at radius 1 is 1.27 bits per heavy atom. The summed E-state index contributed by atoms with van der Waals surface area (Å²) in [6, 6.07) is 5.69. The molecule has 2 atom stereocenters. The van der Waals surface area contributed by atoms with E-state index in [0.29, 0.717) is 18.2 Å². The molecule has 2 N–H and O–H groups in total. The monoisotopic (exact) mass is 368 g/mol. The first-order chi connectivity index (χ1) is 12.2. The molecule has 2 amide bonds. The predicted molar refractivity (Wildman–Crippen MR) is 91.2 cm³/mol. The molecule has 6 nitrogen and oxygen atoms in total. The van der Waals surface area contributed by atoms with E-state index >= 15 is 0 Å². The normalized spacial score (nSPS) is 18.5. The molecule has 1 saturated heterocycles. The fourth-order valence-electron chi connectivity index (χ4n) is 2.89. The van der Waals surface area contributed by atoms with Crippen LogP contribution in [0.3, 0.4) is 0 Å². The van der Waals surface area contributed by atoms with Gasteiger partial charge in [-0.15, -0.1) is 0 Å². The summed E-state index contributed by atoms with van der Waals surface area (Å²) in [7, 11) is 0. The number of amides is 2. The molecule has 1 aliphatic heterocycles. The van der Waals surface area contributed by atoms with Gasteiger partial charge < -0.3 is 15.3 Å². The minimum absolute atomic E-state index is 0.206. The summed E-state index contributed by atoms with van der Waals surface area (Å²) in [5.41, 5.74) is 1.77. The lowest BCUT2D eigenvalue weighted by atomic mass is 10.0. The summed E-state index contributed by atoms with van der Waals surface area (Å²) in [4.78, 5) is 37.2. The summed E-state index contributed by atoms with van der Waals surface area (Å²) in [5, 5.41) is 11.0.